The van der Waals surface area contributed by atoms with Gasteiger partial charge in [0.25, 0.3) is 5.91 Å². The minimum absolute atomic E-state index is 0.0419. The molecule has 2 amide bonds. The van der Waals surface area contributed by atoms with Crippen LogP contribution in [0.1, 0.15) is 17.5 Å². The second-order valence-electron chi connectivity index (χ2n) is 5.70. The Morgan fingerprint density at radius 1 is 1.25 bits per heavy atom. The molecule has 0 aromatic heterocycles. The Balaban J connectivity index is 1.57. The summed E-state index contributed by atoms with van der Waals surface area (Å²) in [7, 11) is 0. The summed E-state index contributed by atoms with van der Waals surface area (Å²) < 4.78 is 5.61. The summed E-state index contributed by atoms with van der Waals surface area (Å²) in [5.74, 6) is -0.0845. The van der Waals surface area contributed by atoms with Crippen molar-refractivity contribution in [3.05, 3.63) is 58.6 Å². The van der Waals surface area contributed by atoms with E-state index in [2.05, 4.69) is 10.6 Å². The largest absolute Gasteiger partial charge is 0.478 e. The predicted molar refractivity (Wildman–Crippen MR) is 92.1 cm³/mol. The van der Waals surface area contributed by atoms with Gasteiger partial charge in [0, 0.05) is 11.6 Å². The minimum Gasteiger partial charge on any atom is -0.478 e. The van der Waals surface area contributed by atoms with E-state index in [9.17, 15) is 9.59 Å². The van der Waals surface area contributed by atoms with Crippen molar-refractivity contribution in [1.82, 2.24) is 5.32 Å². The van der Waals surface area contributed by atoms with Crippen LogP contribution in [0.15, 0.2) is 42.5 Å². The van der Waals surface area contributed by atoms with E-state index < -0.39 is 6.10 Å². The van der Waals surface area contributed by atoms with E-state index in [4.69, 9.17) is 16.3 Å². The van der Waals surface area contributed by atoms with Crippen LogP contribution in [-0.2, 0) is 16.1 Å². The lowest BCUT2D eigenvalue weighted by Gasteiger charge is -2.25. The molecule has 0 spiro atoms. The number of fused-ring (bicyclic) bond motifs is 1. The molecule has 2 aromatic rings. The zero-order valence-electron chi connectivity index (χ0n) is 13.1. The maximum Gasteiger partial charge on any atom is 0.266 e. The average Bonchev–Trinajstić information content (AvgIpc) is 2.55. The van der Waals surface area contributed by atoms with E-state index in [1.165, 1.54) is 0 Å². The van der Waals surface area contributed by atoms with E-state index in [0.29, 0.717) is 23.0 Å². The maximum absolute atomic E-state index is 12.1. The van der Waals surface area contributed by atoms with Gasteiger partial charge in [0.15, 0.2) is 6.10 Å². The van der Waals surface area contributed by atoms with Crippen LogP contribution >= 0.6 is 11.6 Å². The van der Waals surface area contributed by atoms with Crippen LogP contribution in [0, 0.1) is 6.92 Å². The Morgan fingerprint density at radius 3 is 2.75 bits per heavy atom. The van der Waals surface area contributed by atoms with E-state index in [-0.39, 0.29) is 18.2 Å². The Morgan fingerprint density at radius 2 is 2.00 bits per heavy atom. The highest BCUT2D eigenvalue weighted by atomic mass is 35.5. The van der Waals surface area contributed by atoms with Gasteiger partial charge in [-0.2, -0.15) is 0 Å². The van der Waals surface area contributed by atoms with E-state index in [1.54, 1.807) is 18.2 Å². The molecule has 0 fully saturated rings. The van der Waals surface area contributed by atoms with Gasteiger partial charge < -0.3 is 15.4 Å². The number of halogens is 1. The zero-order chi connectivity index (χ0) is 17.1. The molecule has 1 aliphatic rings. The van der Waals surface area contributed by atoms with Gasteiger partial charge in [0.2, 0.25) is 5.91 Å². The minimum atomic E-state index is -0.850. The van der Waals surface area contributed by atoms with Crippen molar-refractivity contribution >= 4 is 29.1 Å². The van der Waals surface area contributed by atoms with Crippen LogP contribution in [0.2, 0.25) is 5.02 Å². The Bertz CT molecular complexity index is 774. The number of aryl methyl sites for hydroxylation is 1. The predicted octanol–water partition coefficient (Wildman–Crippen LogP) is 3.05. The van der Waals surface area contributed by atoms with Crippen molar-refractivity contribution in [2.24, 2.45) is 0 Å². The summed E-state index contributed by atoms with van der Waals surface area (Å²) in [5.41, 5.74) is 2.68. The van der Waals surface area contributed by atoms with E-state index in [0.717, 1.165) is 11.1 Å². The molecule has 0 radical (unpaired) electrons. The van der Waals surface area contributed by atoms with Gasteiger partial charge in [-0.3, -0.25) is 9.59 Å². The lowest BCUT2D eigenvalue weighted by atomic mass is 10.1. The molecule has 5 nitrogen and oxygen atoms in total. The fraction of sp³-hybridized carbons (Fsp3) is 0.222. The molecule has 3 rings (SSSR count). The highest BCUT2D eigenvalue weighted by molar-refractivity contribution is 6.31. The SMILES string of the molecule is Cc1ccc(CNC(=O)CC2Oc3ccc(Cl)cc3NC2=O)cc1. The summed E-state index contributed by atoms with van der Waals surface area (Å²) in [6, 6.07) is 12.9. The zero-order valence-corrected chi connectivity index (χ0v) is 13.9. The number of anilines is 1. The summed E-state index contributed by atoms with van der Waals surface area (Å²) in [4.78, 5) is 24.1. The van der Waals surface area contributed by atoms with Crippen LogP contribution in [0.25, 0.3) is 0 Å². The maximum atomic E-state index is 12.1. The summed E-state index contributed by atoms with van der Waals surface area (Å²) in [6.07, 6.45) is -0.892. The molecule has 1 atom stereocenters. The molecule has 24 heavy (non-hydrogen) atoms. The number of ether oxygens (including phenoxy) is 1. The first-order valence-corrected chi connectivity index (χ1v) is 7.98. The third-order valence-corrected chi connectivity index (χ3v) is 3.98. The first kappa shape index (κ1) is 16.3. The fourth-order valence-corrected chi connectivity index (χ4v) is 2.58. The van der Waals surface area contributed by atoms with Crippen molar-refractivity contribution in [3.63, 3.8) is 0 Å². The van der Waals surface area contributed by atoms with Gasteiger partial charge in [-0.1, -0.05) is 41.4 Å². The second kappa shape index (κ2) is 6.93. The molecular weight excluding hydrogens is 328 g/mol. The van der Waals surface area contributed by atoms with E-state index >= 15 is 0 Å². The highest BCUT2D eigenvalue weighted by Crippen LogP contribution is 2.32. The molecular formula is C18H17ClN2O3. The Kier molecular flexibility index (Phi) is 4.71. The number of nitrogens with one attached hydrogen (secondary N) is 2. The quantitative estimate of drug-likeness (QED) is 0.895. The number of carbonyl (C=O) groups is 2. The van der Waals surface area contributed by atoms with Gasteiger partial charge in [-0.15, -0.1) is 0 Å². The highest BCUT2D eigenvalue weighted by Gasteiger charge is 2.29. The van der Waals surface area contributed by atoms with Gasteiger partial charge in [0.05, 0.1) is 12.1 Å². The molecule has 0 aliphatic carbocycles. The van der Waals surface area contributed by atoms with Gasteiger partial charge in [0.1, 0.15) is 5.75 Å². The molecule has 1 aliphatic heterocycles. The molecule has 0 bridgehead atoms. The number of benzene rings is 2. The van der Waals surface area contributed by atoms with Crippen LogP contribution in [0.3, 0.4) is 0 Å². The molecule has 6 heteroatoms. The summed E-state index contributed by atoms with van der Waals surface area (Å²) >= 11 is 5.88. The van der Waals surface area contributed by atoms with Gasteiger partial charge in [-0.25, -0.2) is 0 Å². The number of rotatable bonds is 4. The lowest BCUT2D eigenvalue weighted by Crippen LogP contribution is -2.40. The molecule has 0 saturated heterocycles. The van der Waals surface area contributed by atoms with Crippen LogP contribution in [0.4, 0.5) is 5.69 Å². The lowest BCUT2D eigenvalue weighted by molar-refractivity contribution is -0.130. The van der Waals surface area contributed by atoms with Crippen LogP contribution < -0.4 is 15.4 Å². The molecule has 2 N–H and O–H groups in total. The number of hydrogen-bond acceptors (Lipinski definition) is 3. The van der Waals surface area contributed by atoms with Crippen LogP contribution in [-0.4, -0.2) is 17.9 Å². The topological polar surface area (TPSA) is 67.4 Å². The Hall–Kier alpha value is -2.53. The van der Waals surface area contributed by atoms with Crippen molar-refractivity contribution in [3.8, 4) is 5.75 Å². The Labute approximate surface area is 145 Å². The third-order valence-electron chi connectivity index (χ3n) is 3.74. The van der Waals surface area contributed by atoms with E-state index in [1.807, 2.05) is 31.2 Å². The second-order valence-corrected chi connectivity index (χ2v) is 6.14. The standard InChI is InChI=1S/C18H17ClN2O3/c1-11-2-4-12(5-3-11)10-20-17(22)9-16-18(23)21-14-8-13(19)6-7-15(14)24-16/h2-8,16H,9-10H2,1H3,(H,20,22)(H,21,23). The van der Waals surface area contributed by atoms with Crippen LogP contribution in [0.5, 0.6) is 5.75 Å². The third kappa shape index (κ3) is 3.86. The number of amides is 2. The smallest absolute Gasteiger partial charge is 0.266 e. The molecule has 124 valence electrons. The van der Waals surface area contributed by atoms with Crippen molar-refractivity contribution in [1.29, 1.82) is 0 Å². The molecule has 2 aromatic carbocycles. The molecule has 0 saturated carbocycles. The normalized spacial score (nSPS) is 15.9. The van der Waals surface area contributed by atoms with Crippen molar-refractivity contribution in [2.75, 3.05) is 5.32 Å². The number of carbonyl (C=O) groups excluding carboxylic acids is 2. The summed E-state index contributed by atoms with van der Waals surface area (Å²) in [5, 5.41) is 6.01. The molecule has 1 heterocycles. The molecule has 1 unspecified atom stereocenters. The van der Waals surface area contributed by atoms with Gasteiger partial charge in [-0.05, 0) is 30.7 Å². The number of hydrogen-bond donors (Lipinski definition) is 2. The first-order chi connectivity index (χ1) is 11.5. The monoisotopic (exact) mass is 344 g/mol. The van der Waals surface area contributed by atoms with Crippen molar-refractivity contribution < 1.29 is 14.3 Å². The summed E-state index contributed by atoms with van der Waals surface area (Å²) in [6.45, 7) is 2.42. The first-order valence-electron chi connectivity index (χ1n) is 7.60. The van der Waals surface area contributed by atoms with Gasteiger partial charge >= 0.3 is 0 Å². The fourth-order valence-electron chi connectivity index (χ4n) is 2.40. The average molecular weight is 345 g/mol. The van der Waals surface area contributed by atoms with Crippen molar-refractivity contribution in [2.45, 2.75) is 26.0 Å².